The molecule has 98 valence electrons. The summed E-state index contributed by atoms with van der Waals surface area (Å²) in [5, 5.41) is 3.26. The number of pyridine rings is 1. The number of rotatable bonds is 4. The molecule has 0 spiro atoms. The van der Waals surface area contributed by atoms with Crippen molar-refractivity contribution in [3.8, 4) is 0 Å². The van der Waals surface area contributed by atoms with Gasteiger partial charge in [-0.15, -0.1) is 0 Å². The second kappa shape index (κ2) is 6.35. The first-order chi connectivity index (χ1) is 8.77. The van der Waals surface area contributed by atoms with E-state index in [9.17, 15) is 4.79 Å². The van der Waals surface area contributed by atoms with Gasteiger partial charge in [-0.25, -0.2) is 0 Å². The van der Waals surface area contributed by atoms with Crippen LogP contribution in [0.5, 0.6) is 0 Å². The second-order valence-corrected chi connectivity index (χ2v) is 4.36. The largest absolute Gasteiger partial charge is 0.384 e. The van der Waals surface area contributed by atoms with Gasteiger partial charge in [0.05, 0.1) is 13.2 Å². The van der Waals surface area contributed by atoms with Crippen LogP contribution in [0.25, 0.3) is 0 Å². The molecule has 2 heterocycles. The number of aryl methyl sites for hydroxylation is 1. The minimum absolute atomic E-state index is 0.192. The summed E-state index contributed by atoms with van der Waals surface area (Å²) in [6, 6.07) is 1.93. The van der Waals surface area contributed by atoms with Crippen LogP contribution in [0, 0.1) is 6.92 Å². The van der Waals surface area contributed by atoms with Gasteiger partial charge in [-0.2, -0.15) is 0 Å². The molecule has 0 bridgehead atoms. The number of hydrogen-bond acceptors (Lipinski definition) is 4. The molecule has 5 heteroatoms. The van der Waals surface area contributed by atoms with Crippen LogP contribution in [0.3, 0.4) is 0 Å². The molecule has 0 aromatic carbocycles. The predicted octanol–water partition coefficient (Wildman–Crippen LogP) is 1.05. The van der Waals surface area contributed by atoms with Gasteiger partial charge in [0.25, 0.3) is 0 Å². The molecule has 1 fully saturated rings. The van der Waals surface area contributed by atoms with Gasteiger partial charge < -0.3 is 15.0 Å². The summed E-state index contributed by atoms with van der Waals surface area (Å²) in [5.74, 6) is 0.192. The topological polar surface area (TPSA) is 54.5 Å². The number of carbonyl (C=O) groups excluding carboxylic acids is 1. The number of hydrogen-bond donors (Lipinski definition) is 1. The van der Waals surface area contributed by atoms with E-state index in [0.717, 1.165) is 11.3 Å². The lowest BCUT2D eigenvalue weighted by Crippen LogP contribution is -2.41. The Morgan fingerprint density at radius 1 is 1.50 bits per heavy atom. The van der Waals surface area contributed by atoms with Crippen molar-refractivity contribution >= 4 is 11.6 Å². The second-order valence-electron chi connectivity index (χ2n) is 4.36. The average Bonchev–Trinajstić information content (AvgIpc) is 2.42. The minimum Gasteiger partial charge on any atom is -0.384 e. The molecule has 1 N–H and O–H groups in total. The molecule has 1 aliphatic rings. The zero-order chi connectivity index (χ0) is 12.8. The SMILES string of the molecule is Cc1cnccc1NCCC(=O)N1CCOCC1. The number of morpholine rings is 1. The van der Waals surface area contributed by atoms with Crippen LogP contribution >= 0.6 is 0 Å². The Balaban J connectivity index is 1.75. The fourth-order valence-electron chi connectivity index (χ4n) is 1.95. The first-order valence-electron chi connectivity index (χ1n) is 6.27. The maximum Gasteiger partial charge on any atom is 0.224 e. The van der Waals surface area contributed by atoms with Crippen molar-refractivity contribution in [2.75, 3.05) is 38.2 Å². The fourth-order valence-corrected chi connectivity index (χ4v) is 1.95. The molecule has 0 aliphatic carbocycles. The van der Waals surface area contributed by atoms with Crippen LogP contribution in [0.2, 0.25) is 0 Å². The van der Waals surface area contributed by atoms with Crippen LogP contribution in [0.1, 0.15) is 12.0 Å². The van der Waals surface area contributed by atoms with Gasteiger partial charge >= 0.3 is 0 Å². The average molecular weight is 249 g/mol. The zero-order valence-corrected chi connectivity index (χ0v) is 10.7. The normalized spacial score (nSPS) is 15.5. The zero-order valence-electron chi connectivity index (χ0n) is 10.7. The van der Waals surface area contributed by atoms with Gasteiger partial charge in [0.2, 0.25) is 5.91 Å². The van der Waals surface area contributed by atoms with Crippen molar-refractivity contribution in [1.29, 1.82) is 0 Å². The van der Waals surface area contributed by atoms with E-state index in [1.54, 1.807) is 6.20 Å². The van der Waals surface area contributed by atoms with Crippen molar-refractivity contribution in [1.82, 2.24) is 9.88 Å². The van der Waals surface area contributed by atoms with Gasteiger partial charge in [0.15, 0.2) is 0 Å². The maximum absolute atomic E-state index is 11.9. The molecule has 0 saturated carbocycles. The molecule has 0 atom stereocenters. The van der Waals surface area contributed by atoms with Crippen LogP contribution in [-0.4, -0.2) is 48.6 Å². The molecule has 18 heavy (non-hydrogen) atoms. The van der Waals surface area contributed by atoms with Gasteiger partial charge in [-0.1, -0.05) is 0 Å². The lowest BCUT2D eigenvalue weighted by molar-refractivity contribution is -0.134. The summed E-state index contributed by atoms with van der Waals surface area (Å²) in [6.45, 7) is 5.39. The van der Waals surface area contributed by atoms with E-state index < -0.39 is 0 Å². The molecule has 0 radical (unpaired) electrons. The third kappa shape index (κ3) is 3.43. The smallest absolute Gasteiger partial charge is 0.224 e. The molecule has 1 saturated heterocycles. The maximum atomic E-state index is 11.9. The number of amides is 1. The summed E-state index contributed by atoms with van der Waals surface area (Å²) in [4.78, 5) is 17.8. The van der Waals surface area contributed by atoms with Gasteiger partial charge in [0.1, 0.15) is 0 Å². The lowest BCUT2D eigenvalue weighted by Gasteiger charge is -2.27. The quantitative estimate of drug-likeness (QED) is 0.866. The Kier molecular flexibility index (Phi) is 4.52. The highest BCUT2D eigenvalue weighted by Gasteiger charge is 2.15. The monoisotopic (exact) mass is 249 g/mol. The highest BCUT2D eigenvalue weighted by atomic mass is 16.5. The molecule has 5 nitrogen and oxygen atoms in total. The van der Waals surface area contributed by atoms with E-state index in [2.05, 4.69) is 10.3 Å². The van der Waals surface area contributed by atoms with Crippen molar-refractivity contribution in [2.24, 2.45) is 0 Å². The molecule has 1 amide bonds. The summed E-state index contributed by atoms with van der Waals surface area (Å²) >= 11 is 0. The summed E-state index contributed by atoms with van der Waals surface area (Å²) < 4.78 is 5.22. The Morgan fingerprint density at radius 2 is 2.28 bits per heavy atom. The van der Waals surface area contributed by atoms with Crippen molar-refractivity contribution in [3.05, 3.63) is 24.0 Å². The number of nitrogens with one attached hydrogen (secondary N) is 1. The standard InChI is InChI=1S/C13H19N3O2/c1-11-10-14-4-2-12(11)15-5-3-13(17)16-6-8-18-9-7-16/h2,4,10H,3,5-9H2,1H3,(H,14,15). The van der Waals surface area contributed by atoms with Crippen LogP contribution in [-0.2, 0) is 9.53 Å². The van der Waals surface area contributed by atoms with E-state index >= 15 is 0 Å². The lowest BCUT2D eigenvalue weighted by atomic mass is 10.2. The van der Waals surface area contributed by atoms with Crippen molar-refractivity contribution < 1.29 is 9.53 Å². The molecular weight excluding hydrogens is 230 g/mol. The van der Waals surface area contributed by atoms with Gasteiger partial charge in [-0.05, 0) is 18.6 Å². The Bertz CT molecular complexity index is 403. The van der Waals surface area contributed by atoms with E-state index in [1.807, 2.05) is 24.1 Å². The van der Waals surface area contributed by atoms with E-state index in [4.69, 9.17) is 4.74 Å². The highest BCUT2D eigenvalue weighted by molar-refractivity contribution is 5.76. The fraction of sp³-hybridized carbons (Fsp3) is 0.538. The molecule has 1 aromatic rings. The molecule has 1 aromatic heterocycles. The van der Waals surface area contributed by atoms with Gasteiger partial charge in [-0.3, -0.25) is 9.78 Å². The van der Waals surface area contributed by atoms with Crippen LogP contribution < -0.4 is 5.32 Å². The van der Waals surface area contributed by atoms with E-state index in [0.29, 0.717) is 39.3 Å². The highest BCUT2D eigenvalue weighted by Crippen LogP contribution is 2.11. The molecule has 2 rings (SSSR count). The number of aromatic nitrogens is 1. The Labute approximate surface area is 107 Å². The Hall–Kier alpha value is -1.62. The minimum atomic E-state index is 0.192. The van der Waals surface area contributed by atoms with Crippen LogP contribution in [0.4, 0.5) is 5.69 Å². The van der Waals surface area contributed by atoms with Crippen molar-refractivity contribution in [2.45, 2.75) is 13.3 Å². The Morgan fingerprint density at radius 3 is 3.00 bits per heavy atom. The summed E-state index contributed by atoms with van der Waals surface area (Å²) in [6.07, 6.45) is 4.08. The molecule has 0 unspecified atom stereocenters. The third-order valence-electron chi connectivity index (χ3n) is 3.04. The van der Waals surface area contributed by atoms with Gasteiger partial charge in [0, 0.05) is 44.1 Å². The molecular formula is C13H19N3O2. The number of carbonyl (C=O) groups is 1. The van der Waals surface area contributed by atoms with E-state index in [-0.39, 0.29) is 5.91 Å². The number of anilines is 1. The van der Waals surface area contributed by atoms with E-state index in [1.165, 1.54) is 0 Å². The first kappa shape index (κ1) is 12.8. The first-order valence-corrected chi connectivity index (χ1v) is 6.27. The number of ether oxygens (including phenoxy) is 1. The summed E-state index contributed by atoms with van der Waals surface area (Å²) in [7, 11) is 0. The van der Waals surface area contributed by atoms with Crippen LogP contribution in [0.15, 0.2) is 18.5 Å². The van der Waals surface area contributed by atoms with Crippen molar-refractivity contribution in [3.63, 3.8) is 0 Å². The summed E-state index contributed by atoms with van der Waals surface area (Å²) in [5.41, 5.74) is 2.14. The third-order valence-corrected chi connectivity index (χ3v) is 3.04. The number of nitrogens with zero attached hydrogens (tertiary/aromatic N) is 2. The molecule has 1 aliphatic heterocycles. The predicted molar refractivity (Wildman–Crippen MR) is 69.5 cm³/mol.